The number of likely N-dealkylation sites (tertiary alicyclic amines) is 1. The first-order valence-electron chi connectivity index (χ1n) is 13.0. The third-order valence-corrected chi connectivity index (χ3v) is 7.22. The van der Waals surface area contributed by atoms with Crippen molar-refractivity contribution in [3.63, 3.8) is 0 Å². The van der Waals surface area contributed by atoms with Gasteiger partial charge in [-0.15, -0.1) is 0 Å². The normalized spacial score (nSPS) is 25.1. The van der Waals surface area contributed by atoms with E-state index in [-0.39, 0.29) is 42.6 Å². The molecule has 1 fully saturated rings. The first-order chi connectivity index (χ1) is 19.7. The Morgan fingerprint density at radius 3 is 2.33 bits per heavy atom. The zero-order chi connectivity index (χ0) is 30.9. The van der Waals surface area contributed by atoms with Gasteiger partial charge in [-0.25, -0.2) is 4.39 Å². The number of halogens is 7. The number of carbonyl (C=O) groups is 1. The molecule has 1 heterocycles. The molecule has 1 amide bonds. The van der Waals surface area contributed by atoms with Crippen molar-refractivity contribution in [2.24, 2.45) is 0 Å². The van der Waals surface area contributed by atoms with Crippen molar-refractivity contribution in [2.45, 2.75) is 56.4 Å². The summed E-state index contributed by atoms with van der Waals surface area (Å²) < 4.78 is 105. The van der Waals surface area contributed by atoms with Gasteiger partial charge in [-0.2, -0.15) is 26.3 Å². The maximum Gasteiger partial charge on any atom is 0.424 e. The van der Waals surface area contributed by atoms with Crippen molar-refractivity contribution in [3.8, 4) is 11.5 Å². The highest BCUT2D eigenvalue weighted by Gasteiger charge is 2.65. The second kappa shape index (κ2) is 11.8. The number of hydrogen-bond acceptors (Lipinski definition) is 4. The van der Waals surface area contributed by atoms with Gasteiger partial charge in [-0.3, -0.25) is 4.79 Å². The van der Waals surface area contributed by atoms with E-state index in [1.54, 1.807) is 31.2 Å². The van der Waals surface area contributed by atoms with Gasteiger partial charge in [0.25, 0.3) is 0 Å². The van der Waals surface area contributed by atoms with Gasteiger partial charge in [0.1, 0.15) is 17.6 Å². The first kappa shape index (κ1) is 31.1. The highest BCUT2D eigenvalue weighted by atomic mass is 19.4. The van der Waals surface area contributed by atoms with E-state index in [2.05, 4.69) is 0 Å². The summed E-state index contributed by atoms with van der Waals surface area (Å²) in [6.45, 7) is 1.52. The molecule has 1 aliphatic heterocycles. The zero-order valence-corrected chi connectivity index (χ0v) is 22.6. The molecule has 0 saturated carbocycles. The summed E-state index contributed by atoms with van der Waals surface area (Å²) in [7, 11) is 1.47. The van der Waals surface area contributed by atoms with Crippen LogP contribution in [0.2, 0.25) is 0 Å². The number of amides is 1. The average molecular weight is 600 g/mol. The van der Waals surface area contributed by atoms with E-state index < -0.39 is 47.3 Å². The van der Waals surface area contributed by atoms with Crippen LogP contribution in [0.1, 0.15) is 30.9 Å². The number of hydrogen-bond donors (Lipinski definition) is 1. The maximum atomic E-state index is 14.0. The van der Waals surface area contributed by atoms with Crippen LogP contribution in [0.25, 0.3) is 0 Å². The van der Waals surface area contributed by atoms with E-state index in [4.69, 9.17) is 9.47 Å². The Morgan fingerprint density at radius 1 is 1.10 bits per heavy atom. The third kappa shape index (κ3) is 6.33. The molecule has 2 unspecified atom stereocenters. The lowest BCUT2D eigenvalue weighted by molar-refractivity contribution is -0.265. The molecular formula is C30H28F7NO4. The van der Waals surface area contributed by atoms with E-state index in [0.717, 1.165) is 18.2 Å². The molecule has 0 bridgehead atoms. The molecule has 2 aliphatic rings. The van der Waals surface area contributed by atoms with Crippen LogP contribution in [-0.4, -0.2) is 53.6 Å². The zero-order valence-electron chi connectivity index (χ0n) is 22.6. The monoisotopic (exact) mass is 599 g/mol. The summed E-state index contributed by atoms with van der Waals surface area (Å²) in [6.07, 6.45) is -9.89. The van der Waals surface area contributed by atoms with Gasteiger partial charge < -0.3 is 19.5 Å². The molecule has 0 spiro atoms. The van der Waals surface area contributed by atoms with Gasteiger partial charge in [0.15, 0.2) is 6.17 Å². The van der Waals surface area contributed by atoms with E-state index in [1.165, 1.54) is 30.2 Å². The van der Waals surface area contributed by atoms with Crippen molar-refractivity contribution < 1.29 is 50.1 Å². The predicted octanol–water partition coefficient (Wildman–Crippen LogP) is 6.73. The Morgan fingerprint density at radius 2 is 1.76 bits per heavy atom. The minimum atomic E-state index is -5.27. The molecule has 3 atom stereocenters. The summed E-state index contributed by atoms with van der Waals surface area (Å²) in [5.41, 5.74) is -4.50. The van der Waals surface area contributed by atoms with Crippen molar-refractivity contribution in [3.05, 3.63) is 94.7 Å². The number of alkyl halides is 7. The number of rotatable bonds is 6. The van der Waals surface area contributed by atoms with Crippen LogP contribution in [0.4, 0.5) is 30.7 Å². The van der Waals surface area contributed by atoms with E-state index in [9.17, 15) is 40.6 Å². The van der Waals surface area contributed by atoms with Crippen LogP contribution < -0.4 is 9.47 Å². The fourth-order valence-electron chi connectivity index (χ4n) is 4.91. The summed E-state index contributed by atoms with van der Waals surface area (Å²) in [6, 6.07) is 10.7. The molecule has 0 radical (unpaired) electrons. The molecule has 42 heavy (non-hydrogen) atoms. The Hall–Kier alpha value is -3.80. The highest BCUT2D eigenvalue weighted by molar-refractivity contribution is 5.81. The van der Waals surface area contributed by atoms with Crippen LogP contribution in [0.15, 0.2) is 83.6 Å². The molecule has 5 nitrogen and oxygen atoms in total. The minimum absolute atomic E-state index is 0.0397. The van der Waals surface area contributed by atoms with Crippen LogP contribution in [0.3, 0.4) is 0 Å². The number of benzene rings is 2. The highest BCUT2D eigenvalue weighted by Crippen LogP contribution is 2.48. The molecule has 2 aromatic rings. The van der Waals surface area contributed by atoms with Crippen molar-refractivity contribution in [1.29, 1.82) is 0 Å². The van der Waals surface area contributed by atoms with E-state index in [0.29, 0.717) is 17.6 Å². The number of methoxy groups -OCH3 is 1. The molecule has 1 N–H and O–H groups in total. The lowest BCUT2D eigenvalue weighted by atomic mass is 9.76. The molecule has 1 saturated heterocycles. The van der Waals surface area contributed by atoms with Gasteiger partial charge in [0.2, 0.25) is 11.5 Å². The van der Waals surface area contributed by atoms with Crippen molar-refractivity contribution in [2.75, 3.05) is 13.7 Å². The lowest BCUT2D eigenvalue weighted by Crippen LogP contribution is -2.58. The third-order valence-electron chi connectivity index (χ3n) is 7.22. The molecule has 226 valence electrons. The second-order valence-electron chi connectivity index (χ2n) is 9.96. The quantitative estimate of drug-likeness (QED) is 0.375. The summed E-state index contributed by atoms with van der Waals surface area (Å²) in [5, 5.41) is 10.2. The van der Waals surface area contributed by atoms with Crippen LogP contribution in [0.5, 0.6) is 11.5 Å². The molecule has 12 heteroatoms. The molecule has 4 rings (SSSR count). The van der Waals surface area contributed by atoms with Crippen molar-refractivity contribution >= 4 is 5.91 Å². The van der Waals surface area contributed by atoms with Gasteiger partial charge >= 0.3 is 12.4 Å². The smallest absolute Gasteiger partial charge is 0.424 e. The van der Waals surface area contributed by atoms with E-state index in [1.807, 2.05) is 0 Å². The number of allylic oxidation sites excluding steroid dienone is 2. The molecule has 2 aromatic carbocycles. The Labute approximate surface area is 237 Å². The number of aliphatic hydroxyl groups is 1. The summed E-state index contributed by atoms with van der Waals surface area (Å²) >= 11 is 0. The molecule has 1 aliphatic carbocycles. The van der Waals surface area contributed by atoms with Gasteiger partial charge in [-0.1, -0.05) is 30.4 Å². The second-order valence-corrected chi connectivity index (χ2v) is 9.96. The number of carbonyl (C=O) groups excluding carboxylic acids is 1. The minimum Gasteiger partial charge on any atom is -0.497 e. The van der Waals surface area contributed by atoms with Gasteiger partial charge in [-0.05, 0) is 66.8 Å². The van der Waals surface area contributed by atoms with Gasteiger partial charge in [0, 0.05) is 11.8 Å². The fraction of sp³-hybridized carbons (Fsp3) is 0.367. The number of nitrogens with zero attached hydrogens (tertiary/aromatic N) is 1. The largest absolute Gasteiger partial charge is 0.497 e. The Bertz CT molecular complexity index is 1400. The topological polar surface area (TPSA) is 59.0 Å². The number of ether oxygens (including phenoxy) is 2. The fourth-order valence-corrected chi connectivity index (χ4v) is 4.91. The van der Waals surface area contributed by atoms with Crippen LogP contribution >= 0.6 is 0 Å². The first-order valence-corrected chi connectivity index (χ1v) is 13.0. The van der Waals surface area contributed by atoms with Crippen LogP contribution in [0, 0.1) is 0 Å². The van der Waals surface area contributed by atoms with Gasteiger partial charge in [0.05, 0.1) is 25.6 Å². The molecule has 0 aromatic heterocycles. The van der Waals surface area contributed by atoms with Crippen molar-refractivity contribution in [1.82, 2.24) is 4.90 Å². The maximum absolute atomic E-state index is 14.0. The molecular weight excluding hydrogens is 571 g/mol. The predicted molar refractivity (Wildman–Crippen MR) is 139 cm³/mol. The lowest BCUT2D eigenvalue weighted by Gasteiger charge is -2.40. The SMILES string of the molecule is CC=C1/C(=C\C2=CC(F)C2(O)C(F)(F)F)CC[C@H](Oc2cccc(OC)c2)CN1C(=O)Cc1ccc(C(F)(F)F)cc1. The summed E-state index contributed by atoms with van der Waals surface area (Å²) in [4.78, 5) is 14.9. The van der Waals surface area contributed by atoms with E-state index >= 15 is 0 Å². The standard InChI is InChI=1S/C30H28F7NO4/c1-3-25-19(14-21-15-26(31)28(21,40)30(35,36)37)9-12-24(42-23-6-4-5-22(16-23)41-2)17-38(25)27(39)13-18-7-10-20(11-8-18)29(32,33)34/h3-8,10-11,14-16,24,26,40H,9,12-13,17H2,1-2H3/b19-14-,25-3?/t24-,26?,28?/m0/s1. The Kier molecular flexibility index (Phi) is 8.77. The average Bonchev–Trinajstić information content (AvgIpc) is 3.10. The van der Waals surface area contributed by atoms with Crippen LogP contribution in [-0.2, 0) is 17.4 Å². The Balaban J connectivity index is 1.67. The summed E-state index contributed by atoms with van der Waals surface area (Å²) in [5.74, 6) is 0.375.